The molecule has 0 heterocycles. The van der Waals surface area contributed by atoms with E-state index in [-0.39, 0.29) is 49.0 Å². The molecule has 59 heavy (non-hydrogen) atoms. The van der Waals surface area contributed by atoms with Gasteiger partial charge in [0.2, 0.25) is 11.8 Å². The number of hydrogen-bond acceptors (Lipinski definition) is 10. The number of carbonyl (C=O) groups is 6. The van der Waals surface area contributed by atoms with Crippen molar-refractivity contribution in [3.05, 3.63) is 35.4 Å². The summed E-state index contributed by atoms with van der Waals surface area (Å²) in [6.45, 7) is 22.7. The van der Waals surface area contributed by atoms with Crippen molar-refractivity contribution in [1.29, 1.82) is 0 Å². The van der Waals surface area contributed by atoms with Crippen LogP contribution in [0.4, 0.5) is 4.79 Å². The van der Waals surface area contributed by atoms with Crippen LogP contribution in [-0.4, -0.2) is 83.8 Å². The highest BCUT2D eigenvalue weighted by molar-refractivity contribution is 5.89. The van der Waals surface area contributed by atoms with E-state index in [9.17, 15) is 28.8 Å². The zero-order chi connectivity index (χ0) is 44.8. The zero-order valence-electron chi connectivity index (χ0n) is 37.9. The quantitative estimate of drug-likeness (QED) is 0.0673. The summed E-state index contributed by atoms with van der Waals surface area (Å²) in [5, 5.41) is 11.2. The molecule has 1 aliphatic carbocycles. The Morgan fingerprint density at radius 2 is 1.17 bits per heavy atom. The fourth-order valence-electron chi connectivity index (χ4n) is 6.60. The standard InChI is InChI=1S/C45H75N5O9/c1-42(2,3)32-22-18-29(19-23-32)27-35(48-37(52)31-20-16-30(28-46)17-21-31)38(53)47-26-14-13-15-33(39(54)58-44(7,8)9)49-41(56)50-34(40(55)59-45(10,11)12)24-25-36(51)57-43(4,5)6/h18-19,22-23,30-31,33-35H,13-17,20-21,24-28,46H2,1-12H3,(H,47,53)(H,48,52)(H2,49,50,56)/t30?,31?,33-,34-,35-/m0/s1. The summed E-state index contributed by atoms with van der Waals surface area (Å²) >= 11 is 0. The van der Waals surface area contributed by atoms with Crippen molar-refractivity contribution in [1.82, 2.24) is 21.3 Å². The van der Waals surface area contributed by atoms with Crippen LogP contribution in [0.3, 0.4) is 0 Å². The van der Waals surface area contributed by atoms with Gasteiger partial charge in [0.05, 0.1) is 0 Å². The molecule has 6 N–H and O–H groups in total. The van der Waals surface area contributed by atoms with Gasteiger partial charge < -0.3 is 41.2 Å². The first-order valence-electron chi connectivity index (χ1n) is 21.3. The molecule has 1 saturated carbocycles. The first-order chi connectivity index (χ1) is 27.2. The maximum Gasteiger partial charge on any atom is 0.329 e. The number of rotatable bonds is 18. The number of nitrogens with one attached hydrogen (secondary N) is 4. The number of esters is 3. The van der Waals surface area contributed by atoms with Gasteiger partial charge in [0.25, 0.3) is 0 Å². The lowest BCUT2D eigenvalue weighted by Crippen LogP contribution is -2.53. The summed E-state index contributed by atoms with van der Waals surface area (Å²) in [6.07, 6.45) is 4.35. The topological polar surface area (TPSA) is 204 Å². The highest BCUT2D eigenvalue weighted by atomic mass is 16.6. The second-order valence-corrected chi connectivity index (χ2v) is 19.9. The van der Waals surface area contributed by atoms with Gasteiger partial charge in [-0.15, -0.1) is 0 Å². The summed E-state index contributed by atoms with van der Waals surface area (Å²) in [7, 11) is 0. The van der Waals surface area contributed by atoms with Gasteiger partial charge in [-0.05, 0) is 143 Å². The van der Waals surface area contributed by atoms with Gasteiger partial charge in [-0.3, -0.25) is 14.4 Å². The van der Waals surface area contributed by atoms with E-state index in [0.29, 0.717) is 31.7 Å². The van der Waals surface area contributed by atoms with Crippen molar-refractivity contribution < 1.29 is 43.0 Å². The van der Waals surface area contributed by atoms with Crippen LogP contribution < -0.4 is 27.0 Å². The van der Waals surface area contributed by atoms with Gasteiger partial charge in [0.1, 0.15) is 34.9 Å². The smallest absolute Gasteiger partial charge is 0.329 e. The molecule has 0 unspecified atom stereocenters. The van der Waals surface area contributed by atoms with Crippen molar-refractivity contribution >= 4 is 35.8 Å². The summed E-state index contributed by atoms with van der Waals surface area (Å²) < 4.78 is 16.5. The van der Waals surface area contributed by atoms with Gasteiger partial charge in [-0.25, -0.2) is 14.4 Å². The maximum atomic E-state index is 13.7. The average molecular weight is 830 g/mol. The van der Waals surface area contributed by atoms with Crippen molar-refractivity contribution in [2.24, 2.45) is 17.6 Å². The van der Waals surface area contributed by atoms with Crippen molar-refractivity contribution in [2.75, 3.05) is 13.1 Å². The summed E-state index contributed by atoms with van der Waals surface area (Å²) in [4.78, 5) is 79.2. The van der Waals surface area contributed by atoms with Gasteiger partial charge in [-0.1, -0.05) is 45.0 Å². The molecular formula is C45H75N5O9. The molecule has 1 aromatic rings. The highest BCUT2D eigenvalue weighted by Crippen LogP contribution is 2.28. The second-order valence-electron chi connectivity index (χ2n) is 19.9. The van der Waals surface area contributed by atoms with Gasteiger partial charge in [0, 0.05) is 25.3 Å². The number of amides is 4. The number of hydrogen-bond donors (Lipinski definition) is 5. The lowest BCUT2D eigenvalue weighted by Gasteiger charge is -2.28. The molecule has 1 fully saturated rings. The summed E-state index contributed by atoms with van der Waals surface area (Å²) in [6, 6.07) is 4.19. The van der Waals surface area contributed by atoms with Gasteiger partial charge in [0.15, 0.2) is 0 Å². The van der Waals surface area contributed by atoms with Crippen molar-refractivity contribution in [2.45, 2.75) is 188 Å². The van der Waals surface area contributed by atoms with Crippen LogP contribution in [0, 0.1) is 11.8 Å². The van der Waals surface area contributed by atoms with Gasteiger partial charge in [-0.2, -0.15) is 0 Å². The minimum atomic E-state index is -1.21. The second kappa shape index (κ2) is 22.4. The third kappa shape index (κ3) is 20.6. The molecule has 0 aromatic heterocycles. The Kier molecular flexibility index (Phi) is 19.4. The molecule has 0 radical (unpaired) electrons. The Labute approximate surface area is 353 Å². The van der Waals surface area contributed by atoms with Crippen LogP contribution >= 0.6 is 0 Å². The third-order valence-electron chi connectivity index (χ3n) is 9.71. The van der Waals surface area contributed by atoms with E-state index < -0.39 is 58.9 Å². The minimum absolute atomic E-state index is 0.0283. The summed E-state index contributed by atoms with van der Waals surface area (Å²) in [5.41, 5.74) is 5.50. The Hall–Kier alpha value is -4.20. The van der Waals surface area contributed by atoms with E-state index in [0.717, 1.165) is 31.2 Å². The summed E-state index contributed by atoms with van der Waals surface area (Å²) in [5.74, 6) is -2.14. The third-order valence-corrected chi connectivity index (χ3v) is 9.71. The Morgan fingerprint density at radius 3 is 1.64 bits per heavy atom. The van der Waals surface area contributed by atoms with Crippen molar-refractivity contribution in [3.8, 4) is 0 Å². The largest absolute Gasteiger partial charge is 0.460 e. The van der Waals surface area contributed by atoms with Gasteiger partial charge >= 0.3 is 23.9 Å². The van der Waals surface area contributed by atoms with Crippen LogP contribution in [0.1, 0.15) is 152 Å². The maximum absolute atomic E-state index is 13.7. The first kappa shape index (κ1) is 50.9. The minimum Gasteiger partial charge on any atom is -0.460 e. The number of carbonyl (C=O) groups excluding carboxylic acids is 6. The van der Waals surface area contributed by atoms with E-state index in [2.05, 4.69) is 54.2 Å². The Balaban J connectivity index is 2.11. The van der Waals surface area contributed by atoms with E-state index >= 15 is 0 Å². The fourth-order valence-corrected chi connectivity index (χ4v) is 6.60. The van der Waals surface area contributed by atoms with E-state index in [1.807, 2.05) is 12.1 Å². The zero-order valence-corrected chi connectivity index (χ0v) is 37.9. The lowest BCUT2D eigenvalue weighted by atomic mass is 9.81. The van der Waals surface area contributed by atoms with E-state index in [1.165, 1.54) is 5.56 Å². The van der Waals surface area contributed by atoms with Crippen LogP contribution in [0.25, 0.3) is 0 Å². The van der Waals surface area contributed by atoms with Crippen LogP contribution in [0.5, 0.6) is 0 Å². The molecule has 14 heteroatoms. The molecule has 0 spiro atoms. The molecule has 0 saturated heterocycles. The molecule has 4 amide bonds. The number of ether oxygens (including phenoxy) is 3. The monoisotopic (exact) mass is 830 g/mol. The molecule has 3 atom stereocenters. The number of urea groups is 1. The first-order valence-corrected chi connectivity index (χ1v) is 21.3. The van der Waals surface area contributed by atoms with Crippen molar-refractivity contribution in [3.63, 3.8) is 0 Å². The van der Waals surface area contributed by atoms with E-state index in [1.54, 1.807) is 62.3 Å². The number of benzene rings is 1. The van der Waals surface area contributed by atoms with Crippen LogP contribution in [0.2, 0.25) is 0 Å². The highest BCUT2D eigenvalue weighted by Gasteiger charge is 2.32. The molecule has 1 aliphatic rings. The SMILES string of the molecule is CC(C)(C)OC(=O)CC[C@H](NC(=O)N[C@@H](CCCCNC(=O)[C@H](Cc1ccc(C(C)(C)C)cc1)NC(=O)C1CCC(CN)CC1)C(=O)OC(C)(C)C)C(=O)OC(C)(C)C. The molecule has 2 rings (SSSR count). The Morgan fingerprint density at radius 1 is 0.661 bits per heavy atom. The molecular weight excluding hydrogens is 755 g/mol. The normalized spacial score (nSPS) is 17.7. The Bertz CT molecular complexity index is 1540. The van der Waals surface area contributed by atoms with Crippen LogP contribution in [0.15, 0.2) is 24.3 Å². The molecule has 1 aromatic carbocycles. The molecule has 0 bridgehead atoms. The lowest BCUT2D eigenvalue weighted by molar-refractivity contribution is -0.159. The fraction of sp³-hybridized carbons (Fsp3) is 0.733. The number of nitrogens with two attached hydrogens (primary N) is 1. The predicted octanol–water partition coefficient (Wildman–Crippen LogP) is 5.90. The molecule has 14 nitrogen and oxygen atoms in total. The molecule has 334 valence electrons. The molecule has 0 aliphatic heterocycles. The van der Waals surface area contributed by atoms with Crippen LogP contribution in [-0.2, 0) is 50.0 Å². The number of unbranched alkanes of at least 4 members (excludes halogenated alkanes) is 1. The van der Waals surface area contributed by atoms with E-state index in [4.69, 9.17) is 19.9 Å². The predicted molar refractivity (Wildman–Crippen MR) is 228 cm³/mol. The average Bonchev–Trinajstić information content (AvgIpc) is 3.09.